The molecule has 3 saturated carbocycles. The summed E-state index contributed by atoms with van der Waals surface area (Å²) in [5.74, 6) is -1.01. The first-order valence-corrected chi connectivity index (χ1v) is 9.94. The number of carbonyl (C=O) groups excluding carboxylic acids is 3. The van der Waals surface area contributed by atoms with Crippen molar-refractivity contribution in [2.45, 2.75) is 70.7 Å². The van der Waals surface area contributed by atoms with Crippen LogP contribution in [-0.2, 0) is 14.4 Å². The molecular formula is C21H28O6. The number of aliphatic hydroxyl groups is 3. The van der Waals surface area contributed by atoms with E-state index in [4.69, 9.17) is 0 Å². The number of hydrogen-bond acceptors (Lipinski definition) is 6. The second kappa shape index (κ2) is 5.82. The summed E-state index contributed by atoms with van der Waals surface area (Å²) in [7, 11) is 0. The zero-order valence-corrected chi connectivity index (χ0v) is 15.9. The minimum absolute atomic E-state index is 0.0242. The van der Waals surface area contributed by atoms with Gasteiger partial charge in [0.2, 0.25) is 12.1 Å². The second-order valence-corrected chi connectivity index (χ2v) is 9.54. The van der Waals surface area contributed by atoms with Gasteiger partial charge >= 0.3 is 0 Å². The topological polar surface area (TPSA) is 112 Å². The zero-order valence-electron chi connectivity index (χ0n) is 15.9. The van der Waals surface area contributed by atoms with Crippen molar-refractivity contribution in [2.75, 3.05) is 0 Å². The predicted octanol–water partition coefficient (Wildman–Crippen LogP) is 1.31. The van der Waals surface area contributed by atoms with E-state index in [0.717, 1.165) is 18.4 Å². The highest BCUT2D eigenvalue weighted by atomic mass is 16.5. The van der Waals surface area contributed by atoms with Gasteiger partial charge in [0.15, 0.2) is 5.78 Å². The van der Waals surface area contributed by atoms with Gasteiger partial charge in [-0.15, -0.1) is 0 Å². The summed E-state index contributed by atoms with van der Waals surface area (Å²) in [6.45, 7) is 3.85. The Kier molecular flexibility index (Phi) is 4.09. The number of carbonyl (C=O) groups is 3. The van der Waals surface area contributed by atoms with Crippen LogP contribution in [0.4, 0.5) is 0 Å². The highest BCUT2D eigenvalue weighted by molar-refractivity contribution is 5.95. The van der Waals surface area contributed by atoms with Crippen LogP contribution in [0.15, 0.2) is 11.6 Å². The number of aliphatic hydroxyl groups excluding tert-OH is 1. The molecule has 0 unspecified atom stereocenters. The molecule has 27 heavy (non-hydrogen) atoms. The number of hydrogen-bond donors (Lipinski definition) is 3. The monoisotopic (exact) mass is 376 g/mol. The summed E-state index contributed by atoms with van der Waals surface area (Å²) in [6, 6.07) is 0. The van der Waals surface area contributed by atoms with Crippen molar-refractivity contribution in [3.63, 3.8) is 0 Å². The van der Waals surface area contributed by atoms with Gasteiger partial charge in [-0.25, -0.2) is 0 Å². The van der Waals surface area contributed by atoms with Gasteiger partial charge in [0.1, 0.15) is 11.4 Å². The Hall–Kier alpha value is -1.37. The molecule has 6 nitrogen and oxygen atoms in total. The van der Waals surface area contributed by atoms with Crippen LogP contribution in [0.25, 0.3) is 0 Å². The molecule has 4 aliphatic rings. The van der Waals surface area contributed by atoms with E-state index in [1.165, 1.54) is 0 Å². The van der Waals surface area contributed by atoms with E-state index in [2.05, 4.69) is 6.92 Å². The average Bonchev–Trinajstić information content (AvgIpc) is 2.86. The quantitative estimate of drug-likeness (QED) is 0.627. The van der Waals surface area contributed by atoms with Gasteiger partial charge in [0.05, 0.1) is 0 Å². The molecule has 0 radical (unpaired) electrons. The molecule has 4 aliphatic carbocycles. The molecule has 0 bridgehead atoms. The fraction of sp³-hybridized carbons (Fsp3) is 0.762. The molecule has 6 atom stereocenters. The van der Waals surface area contributed by atoms with Crippen molar-refractivity contribution in [1.29, 1.82) is 0 Å². The van der Waals surface area contributed by atoms with Crippen LogP contribution >= 0.6 is 0 Å². The van der Waals surface area contributed by atoms with Crippen LogP contribution in [0.3, 0.4) is 0 Å². The average molecular weight is 376 g/mol. The fourth-order valence-corrected chi connectivity index (χ4v) is 7.01. The SMILES string of the molecule is C[C@]12CCC(=O)C=C1CC[C@@H]1[C@@H]2C(=O)C[C@@]2(C)[C@H]1CC[C@]2(O)C(=O)C(O)O. The van der Waals surface area contributed by atoms with Gasteiger partial charge in [-0.3, -0.25) is 14.4 Å². The largest absolute Gasteiger partial charge is 0.381 e. The van der Waals surface area contributed by atoms with E-state index < -0.39 is 23.1 Å². The van der Waals surface area contributed by atoms with Gasteiger partial charge in [-0.1, -0.05) is 19.4 Å². The van der Waals surface area contributed by atoms with Crippen LogP contribution < -0.4 is 0 Å². The molecule has 4 rings (SSSR count). The molecular weight excluding hydrogens is 348 g/mol. The molecule has 6 heteroatoms. The third-order valence-electron chi connectivity index (χ3n) is 8.45. The standard InChI is InChI=1S/C21H28O6/c1-19-7-5-12(22)9-11(19)3-4-13-14-6-8-21(27,17(24)18(25)26)20(14,2)10-15(23)16(13)19/h9,13-14,16,18,25-27H,3-8,10H2,1-2H3/t13-,14-,16+,19-,20-,21-/m0/s1. The van der Waals surface area contributed by atoms with Crippen LogP contribution in [-0.4, -0.2) is 44.6 Å². The van der Waals surface area contributed by atoms with Gasteiger partial charge in [-0.05, 0) is 55.4 Å². The van der Waals surface area contributed by atoms with E-state index in [9.17, 15) is 29.7 Å². The van der Waals surface area contributed by atoms with Crippen molar-refractivity contribution >= 4 is 17.3 Å². The first-order chi connectivity index (χ1) is 12.5. The Morgan fingerprint density at radius 3 is 2.52 bits per heavy atom. The minimum atomic E-state index is -2.24. The van der Waals surface area contributed by atoms with Crippen molar-refractivity contribution in [3.05, 3.63) is 11.6 Å². The Balaban J connectivity index is 1.74. The van der Waals surface area contributed by atoms with Gasteiger partial charge < -0.3 is 15.3 Å². The molecule has 0 amide bonds. The predicted molar refractivity (Wildman–Crippen MR) is 95.3 cm³/mol. The molecule has 0 aliphatic heterocycles. The minimum Gasteiger partial charge on any atom is -0.381 e. The van der Waals surface area contributed by atoms with Crippen LogP contribution in [0.2, 0.25) is 0 Å². The van der Waals surface area contributed by atoms with Crippen molar-refractivity contribution in [2.24, 2.45) is 28.6 Å². The van der Waals surface area contributed by atoms with Crippen LogP contribution in [0.5, 0.6) is 0 Å². The maximum atomic E-state index is 13.3. The van der Waals surface area contributed by atoms with Crippen molar-refractivity contribution in [1.82, 2.24) is 0 Å². The number of fused-ring (bicyclic) bond motifs is 5. The molecule has 0 saturated heterocycles. The van der Waals surface area contributed by atoms with E-state index in [1.54, 1.807) is 13.0 Å². The van der Waals surface area contributed by atoms with Crippen LogP contribution in [0, 0.1) is 28.6 Å². The molecule has 0 heterocycles. The number of allylic oxidation sites excluding steroid dienone is 1. The molecule has 148 valence electrons. The van der Waals surface area contributed by atoms with Crippen LogP contribution in [0.1, 0.15) is 58.8 Å². The highest BCUT2D eigenvalue weighted by Gasteiger charge is 2.69. The summed E-state index contributed by atoms with van der Waals surface area (Å²) < 4.78 is 0. The summed E-state index contributed by atoms with van der Waals surface area (Å²) in [5, 5.41) is 29.9. The summed E-state index contributed by atoms with van der Waals surface area (Å²) in [6.07, 6.45) is 2.95. The van der Waals surface area contributed by atoms with Gasteiger partial charge in [-0.2, -0.15) is 0 Å². The highest BCUT2D eigenvalue weighted by Crippen LogP contribution is 2.66. The van der Waals surface area contributed by atoms with E-state index >= 15 is 0 Å². The first-order valence-electron chi connectivity index (χ1n) is 9.94. The molecule has 0 spiro atoms. The zero-order chi connectivity index (χ0) is 19.8. The molecule has 0 aromatic carbocycles. The number of Topliss-reactive ketones (excluding diaryl/α,β-unsaturated/α-hetero) is 2. The number of rotatable bonds is 2. The maximum absolute atomic E-state index is 13.3. The Labute approximate surface area is 158 Å². The first kappa shape index (κ1) is 19.0. The molecule has 0 aromatic heterocycles. The Bertz CT molecular complexity index is 754. The Morgan fingerprint density at radius 1 is 1.15 bits per heavy atom. The lowest BCUT2D eigenvalue weighted by Crippen LogP contribution is -2.61. The lowest BCUT2D eigenvalue weighted by molar-refractivity contribution is -0.186. The molecule has 0 aromatic rings. The second-order valence-electron chi connectivity index (χ2n) is 9.54. The smallest absolute Gasteiger partial charge is 0.220 e. The lowest BCUT2D eigenvalue weighted by Gasteiger charge is -2.57. The van der Waals surface area contributed by atoms with Crippen molar-refractivity contribution in [3.8, 4) is 0 Å². The van der Waals surface area contributed by atoms with Gasteiger partial charge in [0, 0.05) is 24.2 Å². The summed E-state index contributed by atoms with van der Waals surface area (Å²) in [4.78, 5) is 37.6. The van der Waals surface area contributed by atoms with E-state index in [1.807, 2.05) is 0 Å². The van der Waals surface area contributed by atoms with E-state index in [0.29, 0.717) is 19.3 Å². The third kappa shape index (κ3) is 2.33. The molecule has 3 fully saturated rings. The lowest BCUT2D eigenvalue weighted by atomic mass is 9.46. The van der Waals surface area contributed by atoms with Gasteiger partial charge in [0.25, 0.3) is 0 Å². The van der Waals surface area contributed by atoms with Crippen molar-refractivity contribution < 1.29 is 29.7 Å². The third-order valence-corrected chi connectivity index (χ3v) is 8.45. The van der Waals surface area contributed by atoms with E-state index in [-0.39, 0.29) is 47.6 Å². The maximum Gasteiger partial charge on any atom is 0.220 e. The summed E-state index contributed by atoms with van der Waals surface area (Å²) >= 11 is 0. The normalized spacial score (nSPS) is 46.6. The Morgan fingerprint density at radius 2 is 1.85 bits per heavy atom. The summed E-state index contributed by atoms with van der Waals surface area (Å²) in [5.41, 5.74) is -2.11. The fourth-order valence-electron chi connectivity index (χ4n) is 7.01. The number of ketones is 3. The molecule has 3 N–H and O–H groups in total.